The fourth-order valence-corrected chi connectivity index (χ4v) is 11.5. The van der Waals surface area contributed by atoms with E-state index in [0.717, 1.165) is 167 Å². The minimum Gasteiger partial charge on any atom is -0.756 e. The van der Waals surface area contributed by atoms with E-state index in [0.29, 0.717) is 17.4 Å². The summed E-state index contributed by atoms with van der Waals surface area (Å²) < 4.78 is 34.4. The number of esters is 2. The molecule has 9 nitrogen and oxygen atoms in total. The summed E-state index contributed by atoms with van der Waals surface area (Å²) in [4.78, 5) is 38.2. The van der Waals surface area contributed by atoms with Crippen molar-refractivity contribution in [3.63, 3.8) is 0 Å². The molecule has 586 valence electrons. The zero-order valence-electron chi connectivity index (χ0n) is 66.9. The number of rotatable bonds is 74. The van der Waals surface area contributed by atoms with Gasteiger partial charge in [0.2, 0.25) is 0 Å². The van der Waals surface area contributed by atoms with Crippen LogP contribution in [0.3, 0.4) is 0 Å². The molecule has 104 heavy (non-hydrogen) atoms. The highest BCUT2D eigenvalue weighted by Crippen LogP contribution is 2.38. The first kappa shape index (κ1) is 98.3. The average molecular weight is 1460 g/mol. The summed E-state index contributed by atoms with van der Waals surface area (Å²) in [6.07, 6.45) is 129. The maximum atomic E-state index is 12.9. The Morgan fingerprint density at radius 2 is 0.519 bits per heavy atom. The first-order chi connectivity index (χ1) is 51.0. The smallest absolute Gasteiger partial charge is 0.306 e. The van der Waals surface area contributed by atoms with Gasteiger partial charge in [0, 0.05) is 12.8 Å². The van der Waals surface area contributed by atoms with Crippen molar-refractivity contribution in [2.45, 2.75) is 315 Å². The molecule has 0 aliphatic heterocycles. The highest BCUT2D eigenvalue weighted by atomic mass is 31.2. The van der Waals surface area contributed by atoms with Crippen molar-refractivity contribution in [3.8, 4) is 0 Å². The Hall–Kier alpha value is -5.67. The van der Waals surface area contributed by atoms with E-state index < -0.39 is 32.5 Å². The number of phosphoric ester groups is 1. The fraction of sp³-hybridized carbons (Fsp3) is 0.596. The van der Waals surface area contributed by atoms with Gasteiger partial charge in [0.05, 0.1) is 27.7 Å². The van der Waals surface area contributed by atoms with Crippen molar-refractivity contribution >= 4 is 19.8 Å². The maximum Gasteiger partial charge on any atom is 0.306 e. The third-order valence-electron chi connectivity index (χ3n) is 17.0. The molecule has 0 N–H and O–H groups in total. The van der Waals surface area contributed by atoms with E-state index >= 15 is 0 Å². The van der Waals surface area contributed by atoms with Gasteiger partial charge in [0.15, 0.2) is 6.10 Å². The number of nitrogens with zero attached hydrogens (tertiary/aromatic N) is 1. The number of quaternary nitrogens is 1. The zero-order valence-corrected chi connectivity index (χ0v) is 67.8. The van der Waals surface area contributed by atoms with Crippen molar-refractivity contribution < 1.29 is 42.1 Å². The lowest BCUT2D eigenvalue weighted by Crippen LogP contribution is -2.37. The van der Waals surface area contributed by atoms with E-state index in [1.54, 1.807) is 0 Å². The summed E-state index contributed by atoms with van der Waals surface area (Å²) in [5, 5.41) is 0. The van der Waals surface area contributed by atoms with E-state index in [9.17, 15) is 19.0 Å². The molecular weight excluding hydrogens is 1300 g/mol. The van der Waals surface area contributed by atoms with Crippen LogP contribution in [0.1, 0.15) is 309 Å². The lowest BCUT2D eigenvalue weighted by atomic mass is 10.0. The van der Waals surface area contributed by atoms with Crippen LogP contribution in [0.25, 0.3) is 0 Å². The van der Waals surface area contributed by atoms with Crippen LogP contribution >= 0.6 is 7.82 Å². The Bertz CT molecular complexity index is 2570. The number of carbonyl (C=O) groups is 2. The molecule has 0 radical (unpaired) electrons. The Kier molecular flexibility index (Phi) is 77.0. The van der Waals surface area contributed by atoms with E-state index in [-0.39, 0.29) is 26.1 Å². The molecule has 0 amide bonds. The van der Waals surface area contributed by atoms with Gasteiger partial charge in [-0.3, -0.25) is 14.2 Å². The van der Waals surface area contributed by atoms with E-state index in [4.69, 9.17) is 18.5 Å². The van der Waals surface area contributed by atoms with Crippen LogP contribution in [0.15, 0.2) is 219 Å². The number of hydrogen-bond acceptors (Lipinski definition) is 8. The van der Waals surface area contributed by atoms with Crippen molar-refractivity contribution in [2.24, 2.45) is 0 Å². The molecule has 2 unspecified atom stereocenters. The van der Waals surface area contributed by atoms with Gasteiger partial charge in [-0.05, 0) is 154 Å². The summed E-state index contributed by atoms with van der Waals surface area (Å²) in [5.74, 6) is -0.845. The van der Waals surface area contributed by atoms with Crippen molar-refractivity contribution in [1.82, 2.24) is 0 Å². The number of hydrogen-bond donors (Lipinski definition) is 0. The lowest BCUT2D eigenvalue weighted by molar-refractivity contribution is -0.870. The molecule has 0 aromatic carbocycles. The van der Waals surface area contributed by atoms with Crippen LogP contribution in [-0.4, -0.2) is 70.0 Å². The summed E-state index contributed by atoms with van der Waals surface area (Å²) in [7, 11) is 1.15. The van der Waals surface area contributed by atoms with Gasteiger partial charge < -0.3 is 27.9 Å². The zero-order chi connectivity index (χ0) is 75.4. The highest BCUT2D eigenvalue weighted by molar-refractivity contribution is 7.45. The highest BCUT2D eigenvalue weighted by Gasteiger charge is 2.22. The van der Waals surface area contributed by atoms with Crippen LogP contribution in [0, 0.1) is 0 Å². The Balaban J connectivity index is 4.05. The van der Waals surface area contributed by atoms with Crippen molar-refractivity contribution in [2.75, 3.05) is 47.5 Å². The lowest BCUT2D eigenvalue weighted by Gasteiger charge is -2.28. The van der Waals surface area contributed by atoms with E-state index in [2.05, 4.69) is 233 Å². The molecule has 0 spiro atoms. The molecule has 0 saturated carbocycles. The second-order valence-electron chi connectivity index (χ2n) is 28.0. The van der Waals surface area contributed by atoms with Crippen molar-refractivity contribution in [1.29, 1.82) is 0 Å². The maximum absolute atomic E-state index is 12.9. The van der Waals surface area contributed by atoms with Gasteiger partial charge in [-0.15, -0.1) is 0 Å². The SMILES string of the molecule is CC/C=C\C/C=C\C/C=C\C/C=C\C/C=C\C/C=C\C/C=C\C/C=C\C/C=C\CCCCCCCCCCCCCCCC(=O)OC(COC(=O)CCCCCCCCCCCCC/C=C\C/C=C\C/C=C\C/C=C\C/C=C\C/C=C\C/C=C\C/C=C\C/C=C\CC)COP(=O)([O-])OCC[N+](C)(C)C. The average Bonchev–Trinajstić information content (AvgIpc) is 0.920. The number of carbonyl (C=O) groups excluding carboxylic acids is 2. The fourth-order valence-electron chi connectivity index (χ4n) is 10.8. The first-order valence-corrected chi connectivity index (χ1v) is 42.9. The van der Waals surface area contributed by atoms with Gasteiger partial charge in [-0.25, -0.2) is 0 Å². The monoisotopic (exact) mass is 1450 g/mol. The van der Waals surface area contributed by atoms with Gasteiger partial charge in [-0.2, -0.15) is 0 Å². The molecule has 0 rings (SSSR count). The standard InChI is InChI=1S/C94H152NO8P/c1-6-8-10-12-14-16-18-20-22-24-26-28-30-32-34-36-38-40-42-44-46-47-49-51-53-55-57-59-61-63-65-67-69-71-73-75-77-79-81-83-85-87-94(97)103-92(91-102-104(98,99)101-89-88-95(3,4)5)90-100-93(96)86-84-82-80-78-76-74-72-70-68-66-64-62-60-58-56-54-52-50-48-45-43-41-39-37-35-33-31-29-27-25-23-21-19-17-15-13-11-9-7-2/h8-11,14-17,20-23,26-29,32-35,38-41,44-46,48-49,51-52,54-55,57-58,60,92H,6-7,12-13,18-19,24-25,30-31,36-37,42-43,47,50,53,56,59,61-91H2,1-5H3/b10-8-,11-9-,16-14-,17-15-,22-20-,23-21-,28-26-,29-27-,34-32-,35-33-,40-38-,41-39-,46-44-,48-45-,51-49-,54-52-,57-55-,60-58-. The van der Waals surface area contributed by atoms with Crippen molar-refractivity contribution in [3.05, 3.63) is 219 Å². The van der Waals surface area contributed by atoms with Crippen LogP contribution in [0.5, 0.6) is 0 Å². The van der Waals surface area contributed by atoms with Gasteiger partial charge in [0.1, 0.15) is 19.8 Å². The Morgan fingerprint density at radius 3 is 0.769 bits per heavy atom. The van der Waals surface area contributed by atoms with E-state index in [1.165, 1.54) is 109 Å². The molecule has 0 aromatic rings. The minimum atomic E-state index is -4.66. The molecule has 0 aliphatic carbocycles. The summed E-state index contributed by atoms with van der Waals surface area (Å²) in [6.45, 7) is 4.00. The summed E-state index contributed by atoms with van der Waals surface area (Å²) in [6, 6.07) is 0. The Morgan fingerprint density at radius 1 is 0.298 bits per heavy atom. The quantitative estimate of drug-likeness (QED) is 0.0195. The van der Waals surface area contributed by atoms with E-state index in [1.807, 2.05) is 21.1 Å². The number of ether oxygens (including phenoxy) is 2. The molecule has 0 aromatic heterocycles. The molecule has 0 aliphatic rings. The number of unbranched alkanes of at least 4 members (excludes halogenated alkanes) is 24. The van der Waals surface area contributed by atoms with Gasteiger partial charge >= 0.3 is 11.9 Å². The third kappa shape index (κ3) is 85.3. The summed E-state index contributed by atoms with van der Waals surface area (Å²) in [5.41, 5.74) is 0. The predicted molar refractivity (Wildman–Crippen MR) is 451 cm³/mol. The van der Waals surface area contributed by atoms with Crippen LogP contribution in [-0.2, 0) is 32.7 Å². The normalized spacial score (nSPS) is 14.2. The van der Waals surface area contributed by atoms with Crippen LogP contribution in [0.2, 0.25) is 0 Å². The second-order valence-corrected chi connectivity index (χ2v) is 29.4. The topological polar surface area (TPSA) is 111 Å². The number of likely N-dealkylation sites (N-methyl/N-ethyl adjacent to an activating group) is 1. The minimum absolute atomic E-state index is 0.0406. The van der Waals surface area contributed by atoms with Gasteiger partial charge in [-0.1, -0.05) is 361 Å². The Labute approximate surface area is 639 Å². The largest absolute Gasteiger partial charge is 0.756 e. The molecule has 0 heterocycles. The molecular formula is C94H152NO8P. The molecule has 10 heteroatoms. The molecule has 0 saturated heterocycles. The predicted octanol–water partition coefficient (Wildman–Crippen LogP) is 27.6. The number of phosphoric acid groups is 1. The molecule has 0 fully saturated rings. The van der Waals surface area contributed by atoms with Crippen LogP contribution < -0.4 is 4.89 Å². The molecule has 2 atom stereocenters. The third-order valence-corrected chi connectivity index (χ3v) is 18.0. The molecule has 0 bridgehead atoms. The number of allylic oxidation sites excluding steroid dienone is 36. The van der Waals surface area contributed by atoms with Gasteiger partial charge in [0.25, 0.3) is 7.82 Å². The van der Waals surface area contributed by atoms with Crippen LogP contribution in [0.4, 0.5) is 0 Å². The first-order valence-electron chi connectivity index (χ1n) is 41.4. The second kappa shape index (κ2) is 81.4. The summed E-state index contributed by atoms with van der Waals surface area (Å²) >= 11 is 0.